The first-order valence-electron chi connectivity index (χ1n) is 6.19. The molecule has 1 aliphatic heterocycles. The minimum atomic E-state index is -0.790. The predicted octanol–water partition coefficient (Wildman–Crippen LogP) is 2.25. The molecule has 0 aliphatic carbocycles. The molecule has 2 rings (SSSR count). The summed E-state index contributed by atoms with van der Waals surface area (Å²) in [5.41, 5.74) is -0.754. The van der Waals surface area contributed by atoms with Crippen LogP contribution >= 0.6 is 0 Å². The van der Waals surface area contributed by atoms with Crippen molar-refractivity contribution in [3.8, 4) is 6.07 Å². The number of halogens is 1. The van der Waals surface area contributed by atoms with Crippen molar-refractivity contribution in [3.63, 3.8) is 0 Å². The fraction of sp³-hybridized carbons (Fsp3) is 0.385. The Morgan fingerprint density at radius 2 is 2.25 bits per heavy atom. The topological polar surface area (TPSA) is 87.2 Å². The molecule has 1 aromatic carbocycles. The van der Waals surface area contributed by atoms with Crippen LogP contribution in [0.4, 0.5) is 10.1 Å². The third-order valence-electron chi connectivity index (χ3n) is 3.30. The summed E-state index contributed by atoms with van der Waals surface area (Å²) in [6.45, 7) is 0.381. The summed E-state index contributed by atoms with van der Waals surface area (Å²) < 4.78 is 13.1. The number of hydrogen-bond acceptors (Lipinski definition) is 4. The number of nitro benzene ring substituents is 1. The van der Waals surface area contributed by atoms with Gasteiger partial charge in [-0.25, -0.2) is 4.39 Å². The molecule has 1 amide bonds. The van der Waals surface area contributed by atoms with Crippen molar-refractivity contribution in [2.24, 2.45) is 0 Å². The number of carbonyl (C=O) groups is 1. The molecule has 1 heterocycles. The summed E-state index contributed by atoms with van der Waals surface area (Å²) >= 11 is 0. The van der Waals surface area contributed by atoms with Gasteiger partial charge in [-0.2, -0.15) is 5.26 Å². The largest absolute Gasteiger partial charge is 0.322 e. The molecule has 1 atom stereocenters. The summed E-state index contributed by atoms with van der Waals surface area (Å²) in [6.07, 6.45) is 2.14. The van der Waals surface area contributed by atoms with Gasteiger partial charge >= 0.3 is 0 Å². The van der Waals surface area contributed by atoms with Crippen LogP contribution in [0, 0.1) is 27.3 Å². The van der Waals surface area contributed by atoms with E-state index in [1.54, 1.807) is 0 Å². The monoisotopic (exact) mass is 277 g/mol. The highest BCUT2D eigenvalue weighted by Crippen LogP contribution is 2.25. The van der Waals surface area contributed by atoms with Gasteiger partial charge in [0.05, 0.1) is 17.1 Å². The maximum absolute atomic E-state index is 13.1. The molecule has 20 heavy (non-hydrogen) atoms. The van der Waals surface area contributed by atoms with Crippen LogP contribution in [0.25, 0.3) is 0 Å². The lowest BCUT2D eigenvalue weighted by molar-refractivity contribution is -0.385. The van der Waals surface area contributed by atoms with Crippen LogP contribution in [-0.4, -0.2) is 28.3 Å². The Hall–Kier alpha value is -2.49. The van der Waals surface area contributed by atoms with E-state index in [4.69, 9.17) is 5.26 Å². The Labute approximate surface area is 114 Å². The molecule has 1 fully saturated rings. The highest BCUT2D eigenvalue weighted by atomic mass is 19.1. The Kier molecular flexibility index (Phi) is 3.94. The predicted molar refractivity (Wildman–Crippen MR) is 67.3 cm³/mol. The first-order valence-corrected chi connectivity index (χ1v) is 6.19. The normalized spacial score (nSPS) is 18.4. The van der Waals surface area contributed by atoms with Gasteiger partial charge in [0.15, 0.2) is 0 Å². The SMILES string of the molecule is N#CC1CCCCN1C(=O)c1ccc(F)cc1[N+](=O)[O-]. The second-order valence-corrected chi connectivity index (χ2v) is 4.56. The molecule has 104 valence electrons. The second kappa shape index (κ2) is 5.65. The van der Waals surface area contributed by atoms with Gasteiger partial charge in [0.25, 0.3) is 11.6 Å². The van der Waals surface area contributed by atoms with E-state index in [1.165, 1.54) is 4.90 Å². The zero-order valence-corrected chi connectivity index (χ0v) is 10.6. The van der Waals surface area contributed by atoms with Crippen molar-refractivity contribution in [1.29, 1.82) is 5.26 Å². The summed E-state index contributed by atoms with van der Waals surface area (Å²) in [7, 11) is 0. The van der Waals surface area contributed by atoms with Gasteiger partial charge in [0, 0.05) is 6.54 Å². The first-order chi connectivity index (χ1) is 9.54. The summed E-state index contributed by atoms with van der Waals surface area (Å²) in [5.74, 6) is -1.37. The molecule has 0 spiro atoms. The smallest absolute Gasteiger partial charge is 0.285 e. The molecular formula is C13H12FN3O3. The Bertz CT molecular complexity index is 597. The first kappa shape index (κ1) is 13.9. The molecular weight excluding hydrogens is 265 g/mol. The van der Waals surface area contributed by atoms with Crippen LogP contribution in [0.1, 0.15) is 29.6 Å². The molecule has 0 bridgehead atoms. The van der Waals surface area contributed by atoms with Crippen LogP contribution in [0.2, 0.25) is 0 Å². The number of piperidine rings is 1. The fourth-order valence-corrected chi connectivity index (χ4v) is 2.30. The van der Waals surface area contributed by atoms with E-state index in [1.807, 2.05) is 6.07 Å². The molecule has 0 aromatic heterocycles. The van der Waals surface area contributed by atoms with Gasteiger partial charge in [0.2, 0.25) is 0 Å². The maximum Gasteiger partial charge on any atom is 0.285 e. The molecule has 1 unspecified atom stereocenters. The van der Waals surface area contributed by atoms with E-state index in [9.17, 15) is 19.3 Å². The minimum Gasteiger partial charge on any atom is -0.322 e. The van der Waals surface area contributed by atoms with E-state index in [2.05, 4.69) is 0 Å². The third kappa shape index (κ3) is 2.59. The number of nitriles is 1. The maximum atomic E-state index is 13.1. The minimum absolute atomic E-state index is 0.182. The number of hydrogen-bond donors (Lipinski definition) is 0. The number of benzene rings is 1. The molecule has 0 N–H and O–H groups in total. The lowest BCUT2D eigenvalue weighted by atomic mass is 10.0. The highest BCUT2D eigenvalue weighted by molar-refractivity contribution is 5.98. The molecule has 1 saturated heterocycles. The van der Waals surface area contributed by atoms with Crippen LogP contribution in [0.5, 0.6) is 0 Å². The van der Waals surface area contributed by atoms with Crippen molar-refractivity contribution in [1.82, 2.24) is 4.90 Å². The van der Waals surface area contributed by atoms with E-state index in [0.29, 0.717) is 13.0 Å². The standard InChI is InChI=1S/C13H12FN3O3/c14-9-4-5-11(12(7-9)17(19)20)13(18)16-6-2-1-3-10(16)8-15/h4-5,7,10H,1-3,6H2. The van der Waals surface area contributed by atoms with E-state index >= 15 is 0 Å². The molecule has 1 aromatic rings. The van der Waals surface area contributed by atoms with Crippen molar-refractivity contribution in [2.75, 3.05) is 6.54 Å². The zero-order valence-electron chi connectivity index (χ0n) is 10.6. The highest BCUT2D eigenvalue weighted by Gasteiger charge is 2.31. The van der Waals surface area contributed by atoms with Crippen LogP contribution in [0.15, 0.2) is 18.2 Å². The lowest BCUT2D eigenvalue weighted by Crippen LogP contribution is -2.43. The van der Waals surface area contributed by atoms with Crippen LogP contribution in [0.3, 0.4) is 0 Å². The number of carbonyl (C=O) groups excluding carboxylic acids is 1. The summed E-state index contributed by atoms with van der Waals surface area (Å²) in [5, 5.41) is 20.0. The number of likely N-dealkylation sites (tertiary alicyclic amines) is 1. The van der Waals surface area contributed by atoms with Crippen LogP contribution < -0.4 is 0 Å². The van der Waals surface area contributed by atoms with Crippen molar-refractivity contribution in [2.45, 2.75) is 25.3 Å². The van der Waals surface area contributed by atoms with Crippen molar-refractivity contribution < 1.29 is 14.1 Å². The Morgan fingerprint density at radius 3 is 2.90 bits per heavy atom. The number of rotatable bonds is 2. The Morgan fingerprint density at radius 1 is 1.50 bits per heavy atom. The summed E-state index contributed by atoms with van der Waals surface area (Å²) in [4.78, 5) is 23.8. The second-order valence-electron chi connectivity index (χ2n) is 4.56. The van der Waals surface area contributed by atoms with E-state index < -0.39 is 28.4 Å². The molecule has 0 saturated carbocycles. The lowest BCUT2D eigenvalue weighted by Gasteiger charge is -2.31. The molecule has 6 nitrogen and oxygen atoms in total. The quantitative estimate of drug-likeness (QED) is 0.612. The average Bonchev–Trinajstić information content (AvgIpc) is 2.46. The molecule has 0 radical (unpaired) electrons. The average molecular weight is 277 g/mol. The van der Waals surface area contributed by atoms with Gasteiger partial charge in [-0.1, -0.05) is 0 Å². The van der Waals surface area contributed by atoms with E-state index in [0.717, 1.165) is 31.0 Å². The summed E-state index contributed by atoms with van der Waals surface area (Å²) in [6, 6.07) is 4.27. The van der Waals surface area contributed by atoms with Gasteiger partial charge < -0.3 is 4.90 Å². The van der Waals surface area contributed by atoms with Crippen LogP contribution in [-0.2, 0) is 0 Å². The third-order valence-corrected chi connectivity index (χ3v) is 3.30. The number of nitrogens with zero attached hydrogens (tertiary/aromatic N) is 3. The van der Waals surface area contributed by atoms with Gasteiger partial charge in [-0.3, -0.25) is 14.9 Å². The van der Waals surface area contributed by atoms with Crippen molar-refractivity contribution >= 4 is 11.6 Å². The van der Waals surface area contributed by atoms with Gasteiger partial charge in [-0.05, 0) is 31.4 Å². The number of nitro groups is 1. The van der Waals surface area contributed by atoms with Gasteiger partial charge in [0.1, 0.15) is 17.4 Å². The fourth-order valence-electron chi connectivity index (χ4n) is 2.30. The number of amides is 1. The Balaban J connectivity index is 2.38. The molecule has 7 heteroatoms. The molecule has 1 aliphatic rings. The zero-order chi connectivity index (χ0) is 14.7. The van der Waals surface area contributed by atoms with Crippen molar-refractivity contribution in [3.05, 3.63) is 39.7 Å². The van der Waals surface area contributed by atoms with Gasteiger partial charge in [-0.15, -0.1) is 0 Å². The van der Waals surface area contributed by atoms with E-state index in [-0.39, 0.29) is 5.56 Å².